The highest BCUT2D eigenvalue weighted by Gasteiger charge is 2.60. The first-order valence-corrected chi connectivity index (χ1v) is 6.81. The maximum absolute atomic E-state index is 14.2. The topological polar surface area (TPSA) is 44.8 Å². The largest absolute Gasteiger partial charge is 0.433 e. The maximum atomic E-state index is 14.2. The number of alkyl halides is 2. The van der Waals surface area contributed by atoms with Crippen LogP contribution in [0.2, 0.25) is 0 Å². The van der Waals surface area contributed by atoms with Crippen molar-refractivity contribution in [3.63, 3.8) is 0 Å². The van der Waals surface area contributed by atoms with Crippen molar-refractivity contribution in [2.45, 2.75) is 51.3 Å². The molecule has 0 radical (unpaired) electrons. The summed E-state index contributed by atoms with van der Waals surface area (Å²) in [7, 11) is 0. The van der Waals surface area contributed by atoms with Crippen molar-refractivity contribution in [2.24, 2.45) is 0 Å². The van der Waals surface area contributed by atoms with E-state index in [2.05, 4.69) is 0 Å². The van der Waals surface area contributed by atoms with Crippen LogP contribution in [0.3, 0.4) is 0 Å². The lowest BCUT2D eigenvalue weighted by atomic mass is 10.1. The van der Waals surface area contributed by atoms with E-state index in [0.29, 0.717) is 0 Å². The van der Waals surface area contributed by atoms with Gasteiger partial charge in [-0.05, 0) is 12.0 Å². The Labute approximate surface area is 122 Å². The van der Waals surface area contributed by atoms with Gasteiger partial charge in [0.2, 0.25) is 6.29 Å². The highest BCUT2D eigenvalue weighted by Crippen LogP contribution is 2.40. The SMILES string of the molecule is CC[C@H]1OC(OC(C)=O)[C@@H](OCc2ccccc2)C1(F)F. The van der Waals surface area contributed by atoms with Gasteiger partial charge in [0.25, 0.3) is 0 Å². The van der Waals surface area contributed by atoms with Crippen molar-refractivity contribution in [3.05, 3.63) is 35.9 Å². The van der Waals surface area contributed by atoms with Gasteiger partial charge in [-0.2, -0.15) is 0 Å². The minimum atomic E-state index is -3.20. The first-order chi connectivity index (χ1) is 9.95. The molecule has 1 unspecified atom stereocenters. The van der Waals surface area contributed by atoms with Crippen LogP contribution in [-0.4, -0.2) is 30.4 Å². The van der Waals surface area contributed by atoms with Crippen LogP contribution in [0.1, 0.15) is 25.8 Å². The molecule has 1 aromatic rings. The lowest BCUT2D eigenvalue weighted by molar-refractivity contribution is -0.196. The van der Waals surface area contributed by atoms with Gasteiger partial charge in [-0.3, -0.25) is 4.79 Å². The zero-order valence-corrected chi connectivity index (χ0v) is 11.9. The quantitative estimate of drug-likeness (QED) is 0.784. The Morgan fingerprint density at radius 2 is 2.00 bits per heavy atom. The third-order valence-electron chi connectivity index (χ3n) is 3.28. The number of rotatable bonds is 5. The van der Waals surface area contributed by atoms with E-state index in [1.54, 1.807) is 31.2 Å². The second-order valence-corrected chi connectivity index (χ2v) is 4.90. The average Bonchev–Trinajstić information content (AvgIpc) is 2.67. The Bertz CT molecular complexity index is 478. The number of halogens is 2. The minimum absolute atomic E-state index is 0.00133. The zero-order chi connectivity index (χ0) is 15.5. The standard InChI is InChI=1S/C15H18F2O4/c1-3-12-15(16,17)13(14(21-12)20-10(2)18)19-9-11-7-5-4-6-8-11/h4-8,12-14H,3,9H2,1-2H3/t12-,13-,14?/m1/s1. The molecule has 0 aromatic heterocycles. The third kappa shape index (κ3) is 3.57. The molecule has 0 aliphatic carbocycles. The van der Waals surface area contributed by atoms with Crippen molar-refractivity contribution in [3.8, 4) is 0 Å². The summed E-state index contributed by atoms with van der Waals surface area (Å²) in [5.41, 5.74) is 0.759. The van der Waals surface area contributed by atoms with Crippen LogP contribution in [0.5, 0.6) is 0 Å². The lowest BCUT2D eigenvalue weighted by Gasteiger charge is -2.23. The number of carbonyl (C=O) groups excluding carboxylic acids is 1. The van der Waals surface area contributed by atoms with Gasteiger partial charge in [-0.25, -0.2) is 8.78 Å². The van der Waals surface area contributed by atoms with Crippen LogP contribution in [0, 0.1) is 0 Å². The van der Waals surface area contributed by atoms with Gasteiger partial charge in [-0.1, -0.05) is 37.3 Å². The molecule has 0 N–H and O–H groups in total. The van der Waals surface area contributed by atoms with Gasteiger partial charge in [0.15, 0.2) is 6.10 Å². The molecule has 1 aromatic carbocycles. The van der Waals surface area contributed by atoms with Gasteiger partial charge in [0.1, 0.15) is 6.10 Å². The van der Waals surface area contributed by atoms with Gasteiger partial charge in [0.05, 0.1) is 6.61 Å². The molecule has 0 amide bonds. The van der Waals surface area contributed by atoms with E-state index in [0.717, 1.165) is 12.5 Å². The molecule has 21 heavy (non-hydrogen) atoms. The van der Waals surface area contributed by atoms with E-state index in [9.17, 15) is 13.6 Å². The maximum Gasteiger partial charge on any atom is 0.305 e. The normalized spacial score (nSPS) is 27.5. The predicted molar refractivity (Wildman–Crippen MR) is 70.7 cm³/mol. The molecule has 1 heterocycles. The Morgan fingerprint density at radius 1 is 1.33 bits per heavy atom. The van der Waals surface area contributed by atoms with Crippen molar-refractivity contribution in [2.75, 3.05) is 0 Å². The summed E-state index contributed by atoms with van der Waals surface area (Å²) < 4.78 is 43.7. The molecule has 1 saturated heterocycles. The van der Waals surface area contributed by atoms with Gasteiger partial charge < -0.3 is 14.2 Å². The molecule has 116 valence electrons. The molecule has 1 aliphatic rings. The second-order valence-electron chi connectivity index (χ2n) is 4.90. The number of hydrogen-bond donors (Lipinski definition) is 0. The van der Waals surface area contributed by atoms with Gasteiger partial charge in [0, 0.05) is 6.92 Å². The molecule has 4 nitrogen and oxygen atoms in total. The van der Waals surface area contributed by atoms with Crippen molar-refractivity contribution in [1.82, 2.24) is 0 Å². The summed E-state index contributed by atoms with van der Waals surface area (Å²) in [4.78, 5) is 11.0. The lowest BCUT2D eigenvalue weighted by Crippen LogP contribution is -2.42. The van der Waals surface area contributed by atoms with Crippen LogP contribution < -0.4 is 0 Å². The fraction of sp³-hybridized carbons (Fsp3) is 0.533. The smallest absolute Gasteiger partial charge is 0.305 e. The molecule has 6 heteroatoms. The van der Waals surface area contributed by atoms with Crippen LogP contribution in [0.25, 0.3) is 0 Å². The fourth-order valence-corrected chi connectivity index (χ4v) is 2.26. The molecular weight excluding hydrogens is 282 g/mol. The number of ether oxygens (including phenoxy) is 3. The van der Waals surface area contributed by atoms with E-state index in [-0.39, 0.29) is 13.0 Å². The molecule has 0 bridgehead atoms. The molecule has 1 aliphatic heterocycles. The van der Waals surface area contributed by atoms with Crippen LogP contribution in [-0.2, 0) is 25.6 Å². The first kappa shape index (κ1) is 15.9. The summed E-state index contributed by atoms with van der Waals surface area (Å²) >= 11 is 0. The van der Waals surface area contributed by atoms with E-state index in [1.807, 2.05) is 6.07 Å². The molecular formula is C15H18F2O4. The summed E-state index contributed by atoms with van der Waals surface area (Å²) in [5, 5.41) is 0. The van der Waals surface area contributed by atoms with Gasteiger partial charge >= 0.3 is 11.9 Å². The minimum Gasteiger partial charge on any atom is -0.433 e. The molecule has 0 saturated carbocycles. The fourth-order valence-electron chi connectivity index (χ4n) is 2.26. The second kappa shape index (κ2) is 6.49. The van der Waals surface area contributed by atoms with Crippen molar-refractivity contribution >= 4 is 5.97 Å². The van der Waals surface area contributed by atoms with Crippen molar-refractivity contribution < 1.29 is 27.8 Å². The summed E-state index contributed by atoms with van der Waals surface area (Å²) in [6.07, 6.45) is -4.20. The average molecular weight is 300 g/mol. The van der Waals surface area contributed by atoms with E-state index in [1.165, 1.54) is 0 Å². The van der Waals surface area contributed by atoms with Crippen LogP contribution in [0.15, 0.2) is 30.3 Å². The number of benzene rings is 1. The highest BCUT2D eigenvalue weighted by molar-refractivity contribution is 5.66. The van der Waals surface area contributed by atoms with Gasteiger partial charge in [-0.15, -0.1) is 0 Å². The Hall–Kier alpha value is -1.53. The highest BCUT2D eigenvalue weighted by atomic mass is 19.3. The number of esters is 1. The molecule has 2 rings (SSSR count). The van der Waals surface area contributed by atoms with E-state index in [4.69, 9.17) is 14.2 Å². The van der Waals surface area contributed by atoms with E-state index < -0.39 is 30.4 Å². The number of hydrogen-bond acceptors (Lipinski definition) is 4. The Morgan fingerprint density at radius 3 is 2.57 bits per heavy atom. The number of carbonyl (C=O) groups is 1. The monoisotopic (exact) mass is 300 g/mol. The van der Waals surface area contributed by atoms with Crippen LogP contribution in [0.4, 0.5) is 8.78 Å². The molecule has 0 spiro atoms. The zero-order valence-electron chi connectivity index (χ0n) is 11.9. The van der Waals surface area contributed by atoms with Crippen molar-refractivity contribution in [1.29, 1.82) is 0 Å². The summed E-state index contributed by atoms with van der Waals surface area (Å²) in [6, 6.07) is 8.95. The summed E-state index contributed by atoms with van der Waals surface area (Å²) in [6.45, 7) is 2.73. The third-order valence-corrected chi connectivity index (χ3v) is 3.28. The first-order valence-electron chi connectivity index (χ1n) is 6.81. The van der Waals surface area contributed by atoms with E-state index >= 15 is 0 Å². The molecule has 3 atom stereocenters. The molecule has 1 fully saturated rings. The van der Waals surface area contributed by atoms with Crippen LogP contribution >= 0.6 is 0 Å². The Kier molecular flexibility index (Phi) is 4.90. The predicted octanol–water partition coefficient (Wildman–Crippen LogP) is 2.91. The summed E-state index contributed by atoms with van der Waals surface area (Å²) in [5.74, 6) is -3.88. The Balaban J connectivity index is 2.09.